The van der Waals surface area contributed by atoms with E-state index in [4.69, 9.17) is 0 Å². The maximum atomic E-state index is 13.9. The molecule has 4 rings (SSSR count). The van der Waals surface area contributed by atoms with Crippen molar-refractivity contribution in [3.05, 3.63) is 59.2 Å². The van der Waals surface area contributed by atoms with Crippen LogP contribution in [0, 0.1) is 5.92 Å². The van der Waals surface area contributed by atoms with E-state index >= 15 is 0 Å². The average molecular weight is 400 g/mol. The lowest BCUT2D eigenvalue weighted by Gasteiger charge is -2.34. The molecule has 0 saturated heterocycles. The molecule has 0 radical (unpaired) electrons. The van der Waals surface area contributed by atoms with Crippen molar-refractivity contribution in [1.29, 1.82) is 0 Å². The highest BCUT2D eigenvalue weighted by Crippen LogP contribution is 2.41. The van der Waals surface area contributed by atoms with Crippen molar-refractivity contribution in [2.45, 2.75) is 78.1 Å². The number of hydrogen-bond donors (Lipinski definition) is 0. The van der Waals surface area contributed by atoms with Crippen molar-refractivity contribution >= 4 is 11.4 Å². The van der Waals surface area contributed by atoms with E-state index in [1.54, 1.807) is 12.1 Å². The number of halogens is 2. The summed E-state index contributed by atoms with van der Waals surface area (Å²) in [5.41, 5.74) is 4.71. The predicted octanol–water partition coefficient (Wildman–Crippen LogP) is 8.23. The number of hydrogen-bond acceptors (Lipinski definition) is 1. The average Bonchev–Trinajstić information content (AvgIpc) is 2.74. The van der Waals surface area contributed by atoms with Crippen LogP contribution in [0.2, 0.25) is 0 Å². The van der Waals surface area contributed by atoms with E-state index in [2.05, 4.69) is 29.2 Å². The van der Waals surface area contributed by atoms with Crippen LogP contribution in [0.3, 0.4) is 0 Å². The normalized spacial score (nSPS) is 16.5. The third kappa shape index (κ3) is 5.18. The third-order valence-electron chi connectivity index (χ3n) is 6.27. The van der Waals surface area contributed by atoms with Gasteiger partial charge in [-0.05, 0) is 42.0 Å². The van der Waals surface area contributed by atoms with Crippen LogP contribution in [-0.4, -0.2) is 6.54 Å². The molecule has 0 bridgehead atoms. The Hall–Kier alpha value is -1.90. The fraction of sp³-hybridized carbons (Fsp3) is 0.538. The monoisotopic (exact) mass is 399 g/mol. The molecule has 1 aliphatic carbocycles. The zero-order valence-electron chi connectivity index (χ0n) is 18.2. The maximum Gasteiger partial charge on any atom is 0.270 e. The summed E-state index contributed by atoms with van der Waals surface area (Å²) >= 11 is 0. The molecular formula is C26H35F2N. The van der Waals surface area contributed by atoms with Crippen molar-refractivity contribution in [2.75, 3.05) is 11.4 Å². The van der Waals surface area contributed by atoms with Gasteiger partial charge in [0.1, 0.15) is 0 Å². The van der Waals surface area contributed by atoms with Crippen LogP contribution < -0.4 is 4.90 Å². The van der Waals surface area contributed by atoms with E-state index in [0.717, 1.165) is 43.5 Å². The van der Waals surface area contributed by atoms with Crippen LogP contribution in [0.5, 0.6) is 0 Å². The van der Waals surface area contributed by atoms with Gasteiger partial charge in [-0.25, -0.2) is 8.78 Å². The number of rotatable bonds is 5. The van der Waals surface area contributed by atoms with Gasteiger partial charge in [-0.2, -0.15) is 0 Å². The van der Waals surface area contributed by atoms with Crippen LogP contribution in [0.15, 0.2) is 42.5 Å². The molecule has 29 heavy (non-hydrogen) atoms. The molecule has 1 nitrogen and oxygen atoms in total. The van der Waals surface area contributed by atoms with Gasteiger partial charge in [-0.1, -0.05) is 76.3 Å². The van der Waals surface area contributed by atoms with Crippen LogP contribution in [0.25, 0.3) is 0 Å². The predicted molar refractivity (Wildman–Crippen MR) is 119 cm³/mol. The van der Waals surface area contributed by atoms with Gasteiger partial charge in [0, 0.05) is 36.8 Å². The molecule has 1 fully saturated rings. The Balaban J connectivity index is 0.00000117. The lowest BCUT2D eigenvalue weighted by molar-refractivity contribution is 0.0175. The van der Waals surface area contributed by atoms with Gasteiger partial charge in [0.2, 0.25) is 0 Å². The summed E-state index contributed by atoms with van der Waals surface area (Å²) in [4.78, 5) is 2.28. The molecule has 2 aromatic rings. The number of para-hydroxylation sites is 1. The van der Waals surface area contributed by atoms with Gasteiger partial charge in [0.25, 0.3) is 5.92 Å². The zero-order chi connectivity index (χ0) is 20.9. The molecule has 1 saturated carbocycles. The second kappa shape index (κ2) is 9.73. The first-order chi connectivity index (χ1) is 14.0. The minimum absolute atomic E-state index is 0.109. The number of fused-ring (bicyclic) bond motifs is 2. The summed E-state index contributed by atoms with van der Waals surface area (Å²) in [6, 6.07) is 13.6. The molecule has 0 aromatic heterocycles. The molecule has 2 aliphatic rings. The van der Waals surface area contributed by atoms with E-state index in [1.807, 2.05) is 19.9 Å². The number of anilines is 2. The first-order valence-electron chi connectivity index (χ1n) is 11.4. The van der Waals surface area contributed by atoms with E-state index in [1.165, 1.54) is 49.8 Å². The first-order valence-corrected chi connectivity index (χ1v) is 11.4. The molecule has 0 unspecified atom stereocenters. The standard InChI is InChI=1S/C24H29F2N.C2H6/c1-24(25,26)21-14-13-20-16-19-11-5-6-12-22(19)27(23(20)17-21)15-7-10-18-8-3-2-4-9-18;1-2/h5-6,11-14,17-18H,2-4,7-10,15-16H2,1H3;1-2H3. The number of benzene rings is 2. The van der Waals surface area contributed by atoms with Gasteiger partial charge in [-0.3, -0.25) is 0 Å². The Morgan fingerprint density at radius 1 is 0.931 bits per heavy atom. The highest BCUT2D eigenvalue weighted by molar-refractivity contribution is 5.74. The summed E-state index contributed by atoms with van der Waals surface area (Å²) in [5, 5.41) is 0. The Kier molecular flexibility index (Phi) is 7.32. The fourth-order valence-electron chi connectivity index (χ4n) is 4.75. The van der Waals surface area contributed by atoms with Gasteiger partial charge in [0.05, 0.1) is 0 Å². The molecule has 158 valence electrons. The summed E-state index contributed by atoms with van der Waals surface area (Å²) in [6.07, 6.45) is 10.0. The van der Waals surface area contributed by atoms with Gasteiger partial charge >= 0.3 is 0 Å². The lowest BCUT2D eigenvalue weighted by Crippen LogP contribution is -2.26. The van der Waals surface area contributed by atoms with E-state index < -0.39 is 5.92 Å². The smallest absolute Gasteiger partial charge is 0.270 e. The number of alkyl halides is 2. The molecule has 0 amide bonds. The minimum Gasteiger partial charge on any atom is -0.341 e. The number of nitrogens with zero attached hydrogens (tertiary/aromatic N) is 1. The molecule has 1 heterocycles. The molecule has 0 atom stereocenters. The summed E-state index contributed by atoms with van der Waals surface area (Å²) in [6.45, 7) is 5.89. The highest BCUT2D eigenvalue weighted by atomic mass is 19.3. The second-order valence-electron chi connectivity index (χ2n) is 8.34. The molecule has 3 heteroatoms. The summed E-state index contributed by atoms with van der Waals surface area (Å²) < 4.78 is 27.8. The van der Waals surface area contributed by atoms with Crippen molar-refractivity contribution < 1.29 is 8.78 Å². The Bertz CT molecular complexity index is 788. The SMILES string of the molecule is CC.CC(F)(F)c1ccc2c(c1)N(CCCC1CCCCC1)c1ccccc1C2. The van der Waals surface area contributed by atoms with Crippen molar-refractivity contribution in [2.24, 2.45) is 5.92 Å². The topological polar surface area (TPSA) is 3.24 Å². The van der Waals surface area contributed by atoms with Crippen LogP contribution in [0.1, 0.15) is 82.4 Å². The van der Waals surface area contributed by atoms with Gasteiger partial charge < -0.3 is 4.90 Å². The Morgan fingerprint density at radius 2 is 1.62 bits per heavy atom. The van der Waals surface area contributed by atoms with Crippen molar-refractivity contribution in [3.63, 3.8) is 0 Å². The molecule has 0 N–H and O–H groups in total. The summed E-state index contributed by atoms with van der Waals surface area (Å²) in [7, 11) is 0. The highest BCUT2D eigenvalue weighted by Gasteiger charge is 2.29. The van der Waals surface area contributed by atoms with E-state index in [9.17, 15) is 8.78 Å². The van der Waals surface area contributed by atoms with Gasteiger partial charge in [0.15, 0.2) is 0 Å². The second-order valence-corrected chi connectivity index (χ2v) is 8.34. The summed E-state index contributed by atoms with van der Waals surface area (Å²) in [5.74, 6) is -1.95. The van der Waals surface area contributed by atoms with E-state index in [-0.39, 0.29) is 5.56 Å². The molecule has 2 aromatic carbocycles. The largest absolute Gasteiger partial charge is 0.341 e. The van der Waals surface area contributed by atoms with Crippen molar-refractivity contribution in [3.8, 4) is 0 Å². The molecule has 0 spiro atoms. The molecular weight excluding hydrogens is 364 g/mol. The van der Waals surface area contributed by atoms with Crippen LogP contribution in [-0.2, 0) is 12.3 Å². The third-order valence-corrected chi connectivity index (χ3v) is 6.27. The zero-order valence-corrected chi connectivity index (χ0v) is 18.2. The van der Waals surface area contributed by atoms with Crippen LogP contribution >= 0.6 is 0 Å². The fourth-order valence-corrected chi connectivity index (χ4v) is 4.75. The van der Waals surface area contributed by atoms with Gasteiger partial charge in [-0.15, -0.1) is 0 Å². The van der Waals surface area contributed by atoms with Crippen molar-refractivity contribution in [1.82, 2.24) is 0 Å². The quantitative estimate of drug-likeness (QED) is 0.489. The first kappa shape index (κ1) is 21.8. The van der Waals surface area contributed by atoms with E-state index in [0.29, 0.717) is 0 Å². The molecule has 1 aliphatic heterocycles. The lowest BCUT2D eigenvalue weighted by atomic mass is 9.86. The Labute approximate surface area is 175 Å². The maximum absolute atomic E-state index is 13.9. The minimum atomic E-state index is -2.81. The Morgan fingerprint density at radius 3 is 2.34 bits per heavy atom. The van der Waals surface area contributed by atoms with Crippen LogP contribution in [0.4, 0.5) is 20.2 Å².